The first-order valence-electron chi connectivity index (χ1n) is 49.3. The molecule has 27 aromatic rings. The Balaban J connectivity index is 0.000000108. The largest absolute Gasteiger partial charge is 0.455 e. The lowest BCUT2D eigenvalue weighted by Gasteiger charge is -2.28. The highest BCUT2D eigenvalue weighted by Crippen LogP contribution is 2.55. The van der Waals surface area contributed by atoms with Gasteiger partial charge in [0.25, 0.3) is 0 Å². The standard InChI is InChI=1S/2C46H32N2O.C43H28N2O/c1-46(2)40-14-8-6-12-36(40)37-24-21-34(27-41(37)46)48(43-25-19-32(28-47-43)29-10-4-3-5-11-29)33-20-23-35-31(26-33)17-16-30-18-22-39-38-13-7-9-15-42(38)49-45(39)44(30)35;1-46(2)40-14-8-6-12-36(40)37-24-20-33(27-41(37)46)48(34-21-25-42(47-28-34)29-10-4-3-5-11-29)32-19-23-35-31(26-32)17-16-30-18-22-39-38-13-7-9-15-43(38)49-45(39)44(30)35;1-3-10-29(11-4-1)32-14-9-15-35(26-32)45(41-25-21-34(28-44-41)30-12-5-2-6-13-30)36-22-24-37-33(27-36)19-18-31-20-23-39-38-16-7-8-17-40(38)46-43(39)42(31)37/h2*3-28H,1-2H3;1-28H. The van der Waals surface area contributed by atoms with E-state index >= 15 is 0 Å². The third-order valence-electron chi connectivity index (χ3n) is 29.9. The van der Waals surface area contributed by atoms with Gasteiger partial charge in [-0.25, -0.2) is 9.97 Å². The summed E-state index contributed by atoms with van der Waals surface area (Å²) in [6.07, 6.45) is 5.95. The number of rotatable bonds is 13. The van der Waals surface area contributed by atoms with E-state index in [1.807, 2.05) is 61.1 Å². The van der Waals surface area contributed by atoms with Crippen LogP contribution in [0.1, 0.15) is 49.9 Å². The van der Waals surface area contributed by atoms with Gasteiger partial charge in [-0.1, -0.05) is 349 Å². The van der Waals surface area contributed by atoms with Gasteiger partial charge in [0.2, 0.25) is 0 Å². The third kappa shape index (κ3) is 14.3. The zero-order valence-electron chi connectivity index (χ0n) is 79.6. The van der Waals surface area contributed by atoms with Gasteiger partial charge in [0.05, 0.1) is 17.6 Å². The van der Waals surface area contributed by atoms with Crippen molar-refractivity contribution in [2.75, 3.05) is 14.7 Å². The molecule has 0 saturated heterocycles. The number of hydrogen-bond acceptors (Lipinski definition) is 9. The fourth-order valence-corrected chi connectivity index (χ4v) is 22.7. The predicted octanol–water partition coefficient (Wildman–Crippen LogP) is 37.6. The second-order valence-corrected chi connectivity index (χ2v) is 38.9. The number of para-hydroxylation sites is 3. The Morgan fingerprint density at radius 2 is 0.507 bits per heavy atom. The van der Waals surface area contributed by atoms with E-state index in [0.29, 0.717) is 0 Å². The SMILES string of the molecule is CC1(C)c2ccccc2-c2ccc(N(c3ccc(-c4ccccc4)nc3)c3ccc4c(ccc5ccc6c7ccccc7oc6c54)c3)cc21.CC1(C)c2ccccc2-c2ccc(N(c3ccc4c(ccc5ccc6c7ccccc7oc6c54)c3)c3ccc(-c4ccccc4)cn3)cc21.c1ccc(-c2ccc(N(c3cccc(-c4ccccc4)c3)c3ccc4c(ccc5ccc6c7ccccc7oc6c54)c3)nc2)cc1. The monoisotopic (exact) mass is 1840 g/mol. The second-order valence-electron chi connectivity index (χ2n) is 38.9. The van der Waals surface area contributed by atoms with Crippen molar-refractivity contribution in [3.05, 3.63) is 508 Å². The summed E-state index contributed by atoms with van der Waals surface area (Å²) < 4.78 is 19.5. The summed E-state index contributed by atoms with van der Waals surface area (Å²) >= 11 is 0. The van der Waals surface area contributed by atoms with Gasteiger partial charge in [-0.05, 0) is 261 Å². The number of benzene rings is 21. The van der Waals surface area contributed by atoms with Crippen molar-refractivity contribution >= 4 is 182 Å². The van der Waals surface area contributed by atoms with Gasteiger partial charge in [0.15, 0.2) is 0 Å². The molecule has 0 aliphatic heterocycles. The normalized spacial score (nSPS) is 12.7. The molecule has 9 nitrogen and oxygen atoms in total. The van der Waals surface area contributed by atoms with Crippen LogP contribution >= 0.6 is 0 Å². The molecule has 0 unspecified atom stereocenters. The summed E-state index contributed by atoms with van der Waals surface area (Å²) in [5, 5.41) is 20.8. The molecule has 0 bridgehead atoms. The van der Waals surface area contributed by atoms with E-state index < -0.39 is 0 Å². The van der Waals surface area contributed by atoms with Crippen LogP contribution in [0.3, 0.4) is 0 Å². The molecule has 9 heteroatoms. The minimum atomic E-state index is -0.113. The molecule has 0 fully saturated rings. The van der Waals surface area contributed by atoms with Gasteiger partial charge in [-0.15, -0.1) is 0 Å². The van der Waals surface area contributed by atoms with Gasteiger partial charge in [-0.3, -0.25) is 14.8 Å². The van der Waals surface area contributed by atoms with E-state index in [9.17, 15) is 0 Å². The minimum absolute atomic E-state index is 0.108. The van der Waals surface area contributed by atoms with Crippen LogP contribution in [-0.4, -0.2) is 15.0 Å². The molecule has 0 saturated carbocycles. The topological polar surface area (TPSA) is 87.8 Å². The van der Waals surface area contributed by atoms with E-state index in [0.717, 1.165) is 199 Å². The Kier molecular flexibility index (Phi) is 20.1. The Bertz CT molecular complexity index is 9390. The summed E-state index contributed by atoms with van der Waals surface area (Å²) in [5.74, 6) is 1.72. The average Bonchev–Trinajstić information content (AvgIpc) is 1.57. The lowest BCUT2D eigenvalue weighted by Crippen LogP contribution is -2.17. The average molecular weight is 1850 g/mol. The third-order valence-corrected chi connectivity index (χ3v) is 29.9. The number of fused-ring (bicyclic) bond motifs is 27. The van der Waals surface area contributed by atoms with Gasteiger partial charge < -0.3 is 18.2 Å². The molecule has 0 radical (unpaired) electrons. The number of furan rings is 3. The maximum atomic E-state index is 6.51. The van der Waals surface area contributed by atoms with Crippen LogP contribution in [0.5, 0.6) is 0 Å². The van der Waals surface area contributed by atoms with E-state index in [-0.39, 0.29) is 10.8 Å². The van der Waals surface area contributed by atoms with Crippen LogP contribution in [0, 0.1) is 0 Å². The molecule has 29 rings (SSSR count). The smallest absolute Gasteiger partial charge is 0.143 e. The lowest BCUT2D eigenvalue weighted by molar-refractivity contribution is 0.660. The maximum Gasteiger partial charge on any atom is 0.143 e. The van der Waals surface area contributed by atoms with Crippen LogP contribution in [0.2, 0.25) is 0 Å². The van der Waals surface area contributed by atoms with Crippen LogP contribution in [0.15, 0.2) is 499 Å². The molecule has 2 aliphatic rings. The Labute approximate surface area is 832 Å². The summed E-state index contributed by atoms with van der Waals surface area (Å²) in [4.78, 5) is 21.9. The number of aromatic nitrogens is 3. The van der Waals surface area contributed by atoms with Gasteiger partial charge in [0, 0.05) is 123 Å². The van der Waals surface area contributed by atoms with E-state index in [1.165, 1.54) is 71.6 Å². The Morgan fingerprint density at radius 3 is 0.917 bits per heavy atom. The summed E-state index contributed by atoms with van der Waals surface area (Å²) in [7, 11) is 0. The molecule has 21 aromatic carbocycles. The van der Waals surface area contributed by atoms with Crippen LogP contribution in [-0.2, 0) is 10.8 Å². The van der Waals surface area contributed by atoms with Gasteiger partial charge in [-0.2, -0.15) is 0 Å². The van der Waals surface area contributed by atoms with Crippen molar-refractivity contribution in [3.8, 4) is 66.9 Å². The quantitative estimate of drug-likeness (QED) is 0.105. The van der Waals surface area contributed by atoms with Crippen molar-refractivity contribution < 1.29 is 13.3 Å². The van der Waals surface area contributed by atoms with Gasteiger partial charge >= 0.3 is 0 Å². The summed E-state index contributed by atoms with van der Waals surface area (Å²) in [6, 6.07) is 166. The zero-order chi connectivity index (χ0) is 95.8. The number of pyridine rings is 3. The summed E-state index contributed by atoms with van der Waals surface area (Å²) in [5.41, 5.74) is 32.3. The fraction of sp³-hybridized carbons (Fsp3) is 0.0444. The van der Waals surface area contributed by atoms with Crippen LogP contribution < -0.4 is 14.7 Å². The van der Waals surface area contributed by atoms with Crippen molar-refractivity contribution in [1.29, 1.82) is 0 Å². The maximum absolute atomic E-state index is 6.51. The fourth-order valence-electron chi connectivity index (χ4n) is 22.7. The van der Waals surface area contributed by atoms with Crippen molar-refractivity contribution in [3.63, 3.8) is 0 Å². The molecular weight excluding hydrogens is 1750 g/mol. The highest BCUT2D eigenvalue weighted by molar-refractivity contribution is 6.26. The molecule has 680 valence electrons. The first-order chi connectivity index (χ1) is 70.9. The highest BCUT2D eigenvalue weighted by atomic mass is 16.3. The van der Waals surface area contributed by atoms with Crippen molar-refractivity contribution in [2.45, 2.75) is 38.5 Å². The van der Waals surface area contributed by atoms with E-state index in [4.69, 9.17) is 28.2 Å². The van der Waals surface area contributed by atoms with E-state index in [2.05, 4.69) is 467 Å². The number of nitrogens with zero attached hydrogens (tertiary/aromatic N) is 6. The molecule has 0 N–H and O–H groups in total. The highest BCUT2D eigenvalue weighted by Gasteiger charge is 2.38. The number of anilines is 9. The van der Waals surface area contributed by atoms with Gasteiger partial charge in [0.1, 0.15) is 45.1 Å². The minimum Gasteiger partial charge on any atom is -0.455 e. The molecule has 0 spiro atoms. The molecule has 0 amide bonds. The second kappa shape index (κ2) is 34.2. The first kappa shape index (κ1) is 84.7. The predicted molar refractivity (Wildman–Crippen MR) is 601 cm³/mol. The van der Waals surface area contributed by atoms with E-state index in [1.54, 1.807) is 0 Å². The Hall–Kier alpha value is -18.6. The van der Waals surface area contributed by atoms with Crippen LogP contribution in [0.25, 0.3) is 197 Å². The molecule has 6 heterocycles. The molecule has 6 aromatic heterocycles. The van der Waals surface area contributed by atoms with Crippen molar-refractivity contribution in [2.24, 2.45) is 0 Å². The summed E-state index contributed by atoms with van der Waals surface area (Å²) in [6.45, 7) is 9.33. The zero-order valence-corrected chi connectivity index (χ0v) is 79.6. The van der Waals surface area contributed by atoms with Crippen molar-refractivity contribution in [1.82, 2.24) is 15.0 Å². The van der Waals surface area contributed by atoms with Crippen LogP contribution in [0.4, 0.5) is 51.4 Å². The molecular formula is C135H92N6O3. The molecule has 0 atom stereocenters. The molecule has 2 aliphatic carbocycles. The number of hydrogen-bond donors (Lipinski definition) is 0. The lowest BCUT2D eigenvalue weighted by atomic mass is 9.82. The Morgan fingerprint density at radius 1 is 0.188 bits per heavy atom. The first-order valence-corrected chi connectivity index (χ1v) is 49.3. The molecule has 144 heavy (non-hydrogen) atoms.